The number of rotatable bonds is 3. The van der Waals surface area contributed by atoms with Gasteiger partial charge in [0.2, 0.25) is 0 Å². The van der Waals surface area contributed by atoms with Crippen molar-refractivity contribution in [2.75, 3.05) is 7.11 Å². The maximum absolute atomic E-state index is 10.1. The molecule has 0 fully saturated rings. The Kier molecular flexibility index (Phi) is 2.98. The third kappa shape index (κ3) is 1.81. The van der Waals surface area contributed by atoms with Gasteiger partial charge in [0.1, 0.15) is 5.60 Å². The summed E-state index contributed by atoms with van der Waals surface area (Å²) >= 11 is 0. The highest BCUT2D eigenvalue weighted by Crippen LogP contribution is 2.35. The molecule has 14 heavy (non-hydrogen) atoms. The van der Waals surface area contributed by atoms with Gasteiger partial charge < -0.3 is 9.84 Å². The summed E-state index contributed by atoms with van der Waals surface area (Å²) in [6, 6.07) is 9.75. The minimum Gasteiger partial charge on any atom is -0.387 e. The molecule has 0 aliphatic heterocycles. The molecule has 1 rings (SSSR count). The SMILES string of the molecule is CO[C@](C)(c1ccccc1)C(C)(C)O. The Morgan fingerprint density at radius 3 is 1.93 bits per heavy atom. The van der Waals surface area contributed by atoms with Gasteiger partial charge in [0, 0.05) is 7.11 Å². The molecule has 0 heterocycles. The lowest BCUT2D eigenvalue weighted by molar-refractivity contribution is -0.147. The zero-order valence-corrected chi connectivity index (χ0v) is 9.24. The van der Waals surface area contributed by atoms with E-state index < -0.39 is 11.2 Å². The Bertz CT molecular complexity index is 287. The average Bonchev–Trinajstić information content (AvgIpc) is 2.16. The standard InChI is InChI=1S/C12H18O2/c1-11(2,13)12(3,14-4)10-8-6-5-7-9-10/h5-9,13H,1-4H3/t12-/m1/s1. The Balaban J connectivity index is 3.15. The Labute approximate surface area is 85.5 Å². The fourth-order valence-electron chi connectivity index (χ4n) is 1.48. The van der Waals surface area contributed by atoms with Crippen LogP contribution in [0.5, 0.6) is 0 Å². The summed E-state index contributed by atoms with van der Waals surface area (Å²) in [5.41, 5.74) is -0.604. The molecule has 78 valence electrons. The molecule has 0 amide bonds. The highest BCUT2D eigenvalue weighted by atomic mass is 16.5. The van der Waals surface area contributed by atoms with Gasteiger partial charge in [-0.15, -0.1) is 0 Å². The van der Waals surface area contributed by atoms with E-state index in [1.165, 1.54) is 0 Å². The molecule has 0 bridgehead atoms. The third-order valence-electron chi connectivity index (χ3n) is 2.90. The van der Waals surface area contributed by atoms with Crippen LogP contribution in [0, 0.1) is 0 Å². The minimum absolute atomic E-state index is 0.672. The molecule has 2 heteroatoms. The van der Waals surface area contributed by atoms with Gasteiger partial charge in [0.05, 0.1) is 5.60 Å². The van der Waals surface area contributed by atoms with Crippen LogP contribution in [0.25, 0.3) is 0 Å². The second-order valence-electron chi connectivity index (χ2n) is 4.16. The van der Waals surface area contributed by atoms with E-state index in [2.05, 4.69) is 0 Å². The molecule has 1 atom stereocenters. The molecule has 0 spiro atoms. The van der Waals surface area contributed by atoms with Crippen LogP contribution >= 0.6 is 0 Å². The maximum Gasteiger partial charge on any atom is 0.118 e. The second-order valence-corrected chi connectivity index (χ2v) is 4.16. The molecule has 1 aromatic carbocycles. The van der Waals surface area contributed by atoms with Crippen LogP contribution in [0.2, 0.25) is 0 Å². The first-order valence-electron chi connectivity index (χ1n) is 4.75. The molecule has 0 saturated carbocycles. The molecule has 0 aliphatic rings. The number of hydrogen-bond donors (Lipinski definition) is 1. The molecule has 1 N–H and O–H groups in total. The van der Waals surface area contributed by atoms with Crippen molar-refractivity contribution in [3.8, 4) is 0 Å². The van der Waals surface area contributed by atoms with Crippen molar-refractivity contribution in [2.24, 2.45) is 0 Å². The first-order chi connectivity index (χ1) is 6.42. The molecule has 1 aromatic rings. The molecular formula is C12H18O2. The smallest absolute Gasteiger partial charge is 0.118 e. The molecule has 0 unspecified atom stereocenters. The van der Waals surface area contributed by atoms with Crippen LogP contribution in [-0.2, 0) is 10.3 Å². The van der Waals surface area contributed by atoms with E-state index in [-0.39, 0.29) is 0 Å². The molecular weight excluding hydrogens is 176 g/mol. The van der Waals surface area contributed by atoms with Gasteiger partial charge in [-0.05, 0) is 26.3 Å². The fraction of sp³-hybridized carbons (Fsp3) is 0.500. The van der Waals surface area contributed by atoms with Crippen molar-refractivity contribution in [1.29, 1.82) is 0 Å². The first kappa shape index (κ1) is 11.2. The summed E-state index contributed by atoms with van der Waals surface area (Å²) in [7, 11) is 1.62. The van der Waals surface area contributed by atoms with Crippen molar-refractivity contribution in [1.82, 2.24) is 0 Å². The van der Waals surface area contributed by atoms with E-state index in [1.807, 2.05) is 37.3 Å². The van der Waals surface area contributed by atoms with Crippen LogP contribution < -0.4 is 0 Å². The van der Waals surface area contributed by atoms with E-state index in [0.29, 0.717) is 0 Å². The summed E-state index contributed by atoms with van der Waals surface area (Å²) in [6.45, 7) is 5.40. The topological polar surface area (TPSA) is 29.5 Å². The quantitative estimate of drug-likeness (QED) is 0.800. The van der Waals surface area contributed by atoms with Crippen molar-refractivity contribution in [3.63, 3.8) is 0 Å². The molecule has 0 aromatic heterocycles. The van der Waals surface area contributed by atoms with Gasteiger partial charge in [0.25, 0.3) is 0 Å². The normalized spacial score (nSPS) is 16.4. The van der Waals surface area contributed by atoms with Crippen LogP contribution in [0.3, 0.4) is 0 Å². The van der Waals surface area contributed by atoms with E-state index in [0.717, 1.165) is 5.56 Å². The largest absolute Gasteiger partial charge is 0.387 e. The van der Waals surface area contributed by atoms with E-state index in [4.69, 9.17) is 4.74 Å². The van der Waals surface area contributed by atoms with E-state index >= 15 is 0 Å². The predicted molar refractivity (Wildman–Crippen MR) is 57.1 cm³/mol. The molecule has 2 nitrogen and oxygen atoms in total. The predicted octanol–water partition coefficient (Wildman–Crippen LogP) is 2.32. The summed E-state index contributed by atoms with van der Waals surface area (Å²) in [5, 5.41) is 10.1. The van der Waals surface area contributed by atoms with Gasteiger partial charge in [-0.2, -0.15) is 0 Å². The summed E-state index contributed by atoms with van der Waals surface area (Å²) in [4.78, 5) is 0. The maximum atomic E-state index is 10.1. The summed E-state index contributed by atoms with van der Waals surface area (Å²) in [6.07, 6.45) is 0. The summed E-state index contributed by atoms with van der Waals surface area (Å²) < 4.78 is 5.44. The zero-order valence-electron chi connectivity index (χ0n) is 9.24. The van der Waals surface area contributed by atoms with Gasteiger partial charge in [0.15, 0.2) is 0 Å². The number of hydrogen-bond acceptors (Lipinski definition) is 2. The lowest BCUT2D eigenvalue weighted by Gasteiger charge is -2.39. The average molecular weight is 194 g/mol. The van der Waals surface area contributed by atoms with Crippen LogP contribution in [-0.4, -0.2) is 17.8 Å². The number of methoxy groups -OCH3 is 1. The second kappa shape index (κ2) is 3.71. The van der Waals surface area contributed by atoms with Crippen molar-refractivity contribution >= 4 is 0 Å². The van der Waals surface area contributed by atoms with Crippen molar-refractivity contribution in [2.45, 2.75) is 32.0 Å². The summed E-state index contributed by atoms with van der Waals surface area (Å²) in [5.74, 6) is 0. The van der Waals surface area contributed by atoms with E-state index in [9.17, 15) is 5.11 Å². The van der Waals surface area contributed by atoms with Gasteiger partial charge in [-0.25, -0.2) is 0 Å². The highest BCUT2D eigenvalue weighted by molar-refractivity contribution is 5.24. The van der Waals surface area contributed by atoms with Gasteiger partial charge in [-0.1, -0.05) is 30.3 Å². The van der Waals surface area contributed by atoms with Crippen LogP contribution in [0.15, 0.2) is 30.3 Å². The van der Waals surface area contributed by atoms with Gasteiger partial charge in [-0.3, -0.25) is 0 Å². The Morgan fingerprint density at radius 1 is 1.07 bits per heavy atom. The van der Waals surface area contributed by atoms with Crippen LogP contribution in [0.1, 0.15) is 26.3 Å². The first-order valence-corrected chi connectivity index (χ1v) is 4.75. The van der Waals surface area contributed by atoms with Crippen molar-refractivity contribution in [3.05, 3.63) is 35.9 Å². The number of benzene rings is 1. The Hall–Kier alpha value is -0.860. The monoisotopic (exact) mass is 194 g/mol. The molecule has 0 aliphatic carbocycles. The van der Waals surface area contributed by atoms with Crippen molar-refractivity contribution < 1.29 is 9.84 Å². The van der Waals surface area contributed by atoms with Gasteiger partial charge >= 0.3 is 0 Å². The lowest BCUT2D eigenvalue weighted by Crippen LogP contribution is -2.46. The van der Waals surface area contributed by atoms with E-state index in [1.54, 1.807) is 21.0 Å². The zero-order chi connectivity index (χ0) is 10.8. The molecule has 0 saturated heterocycles. The molecule has 0 radical (unpaired) electrons. The number of ether oxygens (including phenoxy) is 1. The lowest BCUT2D eigenvalue weighted by atomic mass is 9.81. The minimum atomic E-state index is -0.914. The van der Waals surface area contributed by atoms with Crippen LogP contribution in [0.4, 0.5) is 0 Å². The Morgan fingerprint density at radius 2 is 1.57 bits per heavy atom. The number of aliphatic hydroxyl groups is 1. The third-order valence-corrected chi connectivity index (χ3v) is 2.90. The highest BCUT2D eigenvalue weighted by Gasteiger charge is 2.41. The fourth-order valence-corrected chi connectivity index (χ4v) is 1.48.